The number of aryl methyl sites for hydroxylation is 1. The normalized spacial score (nSPS) is 16.9. The molecule has 1 aromatic carbocycles. The molecule has 2 aromatic rings. The van der Waals surface area contributed by atoms with Crippen molar-refractivity contribution < 1.29 is 17.7 Å². The summed E-state index contributed by atoms with van der Waals surface area (Å²) < 4.78 is 32.2. The lowest BCUT2D eigenvalue weighted by Crippen LogP contribution is -2.41. The third-order valence-corrected chi connectivity index (χ3v) is 6.97. The van der Waals surface area contributed by atoms with Crippen LogP contribution < -0.4 is 5.32 Å². The molecular weight excluding hydrogens is 378 g/mol. The molecule has 0 atom stereocenters. The number of amides is 1. The zero-order valence-corrected chi connectivity index (χ0v) is 17.5. The van der Waals surface area contributed by atoms with Crippen molar-refractivity contribution in [3.63, 3.8) is 0 Å². The highest BCUT2D eigenvalue weighted by Crippen LogP contribution is 2.27. The van der Waals surface area contributed by atoms with E-state index < -0.39 is 10.0 Å². The van der Waals surface area contributed by atoms with E-state index in [2.05, 4.69) is 31.2 Å². The first-order valence-corrected chi connectivity index (χ1v) is 10.9. The number of rotatable bonds is 4. The van der Waals surface area contributed by atoms with Crippen molar-refractivity contribution in [3.05, 3.63) is 41.7 Å². The largest absolute Gasteiger partial charge is 0.360 e. The van der Waals surface area contributed by atoms with Gasteiger partial charge < -0.3 is 9.84 Å². The summed E-state index contributed by atoms with van der Waals surface area (Å²) in [6.45, 7) is 8.66. The topological polar surface area (TPSA) is 92.5 Å². The van der Waals surface area contributed by atoms with Gasteiger partial charge in [-0.05, 0) is 42.9 Å². The molecule has 0 aliphatic carbocycles. The van der Waals surface area contributed by atoms with Gasteiger partial charge in [-0.1, -0.05) is 38.1 Å². The zero-order chi connectivity index (χ0) is 20.5. The first-order valence-electron chi connectivity index (χ1n) is 9.42. The molecule has 0 bridgehead atoms. The minimum absolute atomic E-state index is 0.0314. The van der Waals surface area contributed by atoms with E-state index in [1.165, 1.54) is 4.31 Å². The highest BCUT2D eigenvalue weighted by atomic mass is 32.2. The van der Waals surface area contributed by atoms with E-state index in [1.54, 1.807) is 25.1 Å². The van der Waals surface area contributed by atoms with Crippen LogP contribution in [-0.4, -0.2) is 36.9 Å². The Bertz CT molecular complexity index is 935. The van der Waals surface area contributed by atoms with Crippen molar-refractivity contribution in [1.29, 1.82) is 0 Å². The summed E-state index contributed by atoms with van der Waals surface area (Å²) in [5, 5.41) is 6.48. The zero-order valence-electron chi connectivity index (χ0n) is 16.7. The van der Waals surface area contributed by atoms with Gasteiger partial charge in [0.05, 0.1) is 4.90 Å². The fourth-order valence-electron chi connectivity index (χ4n) is 3.29. The number of nitrogens with zero attached hydrogens (tertiary/aromatic N) is 2. The number of hydrogen-bond acceptors (Lipinski definition) is 5. The maximum atomic E-state index is 12.9. The lowest BCUT2D eigenvalue weighted by molar-refractivity contribution is -0.120. The summed E-state index contributed by atoms with van der Waals surface area (Å²) in [4.78, 5) is 12.7. The number of anilines is 1. The molecule has 1 aromatic heterocycles. The van der Waals surface area contributed by atoms with E-state index in [-0.39, 0.29) is 17.2 Å². The number of sulfonamides is 1. The molecule has 0 spiro atoms. The molecule has 0 unspecified atom stereocenters. The van der Waals surface area contributed by atoms with Crippen molar-refractivity contribution >= 4 is 21.7 Å². The Hall–Kier alpha value is -2.19. The van der Waals surface area contributed by atoms with Gasteiger partial charge in [0.25, 0.3) is 0 Å². The van der Waals surface area contributed by atoms with Gasteiger partial charge >= 0.3 is 0 Å². The molecule has 1 aliphatic rings. The van der Waals surface area contributed by atoms with Crippen LogP contribution in [-0.2, 0) is 20.2 Å². The molecular formula is C20H27N3O4S. The molecule has 152 valence electrons. The third-order valence-electron chi connectivity index (χ3n) is 5.06. The van der Waals surface area contributed by atoms with E-state index in [0.717, 1.165) is 5.56 Å². The summed E-state index contributed by atoms with van der Waals surface area (Å²) in [7, 11) is -3.55. The van der Waals surface area contributed by atoms with Crippen LogP contribution in [0.2, 0.25) is 0 Å². The van der Waals surface area contributed by atoms with Gasteiger partial charge in [0, 0.05) is 25.1 Å². The van der Waals surface area contributed by atoms with E-state index in [9.17, 15) is 13.2 Å². The second-order valence-electron chi connectivity index (χ2n) is 8.26. The minimum atomic E-state index is -3.55. The molecule has 2 heterocycles. The lowest BCUT2D eigenvalue weighted by atomic mass is 9.87. The maximum Gasteiger partial charge on any atom is 0.243 e. The predicted octanol–water partition coefficient (Wildman–Crippen LogP) is 3.32. The van der Waals surface area contributed by atoms with E-state index in [1.807, 2.05) is 12.1 Å². The average Bonchev–Trinajstić information content (AvgIpc) is 3.06. The smallest absolute Gasteiger partial charge is 0.243 e. The Kier molecular flexibility index (Phi) is 5.63. The number of carbonyl (C=O) groups excluding carboxylic acids is 1. The van der Waals surface area contributed by atoms with Crippen LogP contribution in [0.1, 0.15) is 44.9 Å². The third kappa shape index (κ3) is 4.44. The molecule has 1 N–H and O–H groups in total. The molecule has 7 nitrogen and oxygen atoms in total. The number of carbonyl (C=O) groups is 1. The Morgan fingerprint density at radius 1 is 1.18 bits per heavy atom. The lowest BCUT2D eigenvalue weighted by Gasteiger charge is -2.30. The van der Waals surface area contributed by atoms with E-state index in [0.29, 0.717) is 42.4 Å². The van der Waals surface area contributed by atoms with Crippen LogP contribution in [0.15, 0.2) is 39.8 Å². The van der Waals surface area contributed by atoms with Gasteiger partial charge in [0.2, 0.25) is 15.9 Å². The first-order chi connectivity index (χ1) is 13.1. The molecule has 0 saturated carbocycles. The van der Waals surface area contributed by atoms with Crippen LogP contribution in [0.4, 0.5) is 5.82 Å². The number of aromatic nitrogens is 1. The molecule has 3 rings (SSSR count). The van der Waals surface area contributed by atoms with E-state index in [4.69, 9.17) is 4.52 Å². The van der Waals surface area contributed by atoms with Crippen LogP contribution in [0, 0.1) is 12.8 Å². The average molecular weight is 406 g/mol. The van der Waals surface area contributed by atoms with Gasteiger partial charge in [-0.25, -0.2) is 8.42 Å². The minimum Gasteiger partial charge on any atom is -0.360 e. The number of piperidine rings is 1. The fourth-order valence-corrected chi connectivity index (χ4v) is 4.76. The summed E-state index contributed by atoms with van der Waals surface area (Å²) >= 11 is 0. The molecule has 0 radical (unpaired) electrons. The number of benzene rings is 1. The van der Waals surface area contributed by atoms with Crippen molar-refractivity contribution in [2.45, 2.75) is 50.8 Å². The van der Waals surface area contributed by atoms with Gasteiger partial charge in [0.1, 0.15) is 5.76 Å². The fraction of sp³-hybridized carbons (Fsp3) is 0.500. The highest BCUT2D eigenvalue weighted by Gasteiger charge is 2.32. The molecule has 1 amide bonds. The van der Waals surface area contributed by atoms with Gasteiger partial charge in [-0.2, -0.15) is 4.31 Å². The van der Waals surface area contributed by atoms with Crippen LogP contribution in [0.5, 0.6) is 0 Å². The first kappa shape index (κ1) is 20.5. The molecule has 1 aliphatic heterocycles. The van der Waals surface area contributed by atoms with E-state index >= 15 is 0 Å². The van der Waals surface area contributed by atoms with Crippen molar-refractivity contribution in [2.75, 3.05) is 18.4 Å². The highest BCUT2D eigenvalue weighted by molar-refractivity contribution is 7.89. The molecule has 28 heavy (non-hydrogen) atoms. The Morgan fingerprint density at radius 2 is 1.79 bits per heavy atom. The quantitative estimate of drug-likeness (QED) is 0.842. The van der Waals surface area contributed by atoms with Crippen LogP contribution in [0.3, 0.4) is 0 Å². The van der Waals surface area contributed by atoms with Crippen LogP contribution in [0.25, 0.3) is 0 Å². The number of nitrogens with one attached hydrogen (secondary N) is 1. The Balaban J connectivity index is 1.62. The number of hydrogen-bond donors (Lipinski definition) is 1. The molecule has 1 saturated heterocycles. The second kappa shape index (κ2) is 7.67. The van der Waals surface area contributed by atoms with Crippen molar-refractivity contribution in [2.24, 2.45) is 5.92 Å². The predicted molar refractivity (Wildman–Crippen MR) is 106 cm³/mol. The van der Waals surface area contributed by atoms with Gasteiger partial charge in [-0.15, -0.1) is 0 Å². The summed E-state index contributed by atoms with van der Waals surface area (Å²) in [5.41, 5.74) is 1.06. The maximum absolute atomic E-state index is 12.9. The van der Waals surface area contributed by atoms with Gasteiger partial charge in [0.15, 0.2) is 5.82 Å². The van der Waals surface area contributed by atoms with Gasteiger partial charge in [-0.3, -0.25) is 4.79 Å². The van der Waals surface area contributed by atoms with Crippen molar-refractivity contribution in [3.8, 4) is 0 Å². The van der Waals surface area contributed by atoms with Crippen LogP contribution >= 0.6 is 0 Å². The summed E-state index contributed by atoms with van der Waals surface area (Å²) in [6.07, 6.45) is 0.948. The summed E-state index contributed by atoms with van der Waals surface area (Å²) in [5.74, 6) is 0.608. The Morgan fingerprint density at radius 3 is 2.29 bits per heavy atom. The SMILES string of the molecule is Cc1cc(NC(=O)C2CCN(S(=O)(=O)c3ccc(C(C)(C)C)cc3)CC2)no1. The molecule has 1 fully saturated rings. The standard InChI is InChI=1S/C20H27N3O4S/c1-14-13-18(22-27-14)21-19(24)15-9-11-23(12-10-15)28(25,26)17-7-5-16(6-8-17)20(2,3)4/h5-8,13,15H,9-12H2,1-4H3,(H,21,22,24). The monoisotopic (exact) mass is 405 g/mol. The summed E-state index contributed by atoms with van der Waals surface area (Å²) in [6, 6.07) is 8.72. The second-order valence-corrected chi connectivity index (χ2v) is 10.2. The van der Waals surface area contributed by atoms with Crippen molar-refractivity contribution in [1.82, 2.24) is 9.46 Å². The molecule has 8 heteroatoms. The Labute approximate surface area is 166 Å².